The maximum Gasteiger partial charge on any atom is 0.221 e. The van der Waals surface area contributed by atoms with Gasteiger partial charge in [0.15, 0.2) is 0 Å². The summed E-state index contributed by atoms with van der Waals surface area (Å²) in [7, 11) is 1.67. The molecule has 108 valence electrons. The van der Waals surface area contributed by atoms with Gasteiger partial charge in [-0.1, -0.05) is 25.0 Å². The zero-order valence-electron chi connectivity index (χ0n) is 11.9. The van der Waals surface area contributed by atoms with Crippen LogP contribution in [0.4, 0.5) is 0 Å². The van der Waals surface area contributed by atoms with E-state index in [2.05, 4.69) is 22.8 Å². The fraction of sp³-hybridized carbons (Fsp3) is 0.562. The van der Waals surface area contributed by atoms with Crippen LogP contribution in [-0.4, -0.2) is 25.1 Å². The van der Waals surface area contributed by atoms with Crippen molar-refractivity contribution in [3.05, 3.63) is 29.8 Å². The number of carbonyl (C=O) groups is 1. The van der Waals surface area contributed by atoms with Crippen molar-refractivity contribution in [2.45, 2.75) is 44.3 Å². The SMILES string of the molecule is COc1ccc(CNC2CC(=O)N[C@@H]2CC2CC2)cc1. The number of hydrogen-bond acceptors (Lipinski definition) is 3. The molecule has 1 saturated heterocycles. The molecule has 2 fully saturated rings. The van der Waals surface area contributed by atoms with Gasteiger partial charge in [-0.2, -0.15) is 0 Å². The van der Waals surface area contributed by atoms with E-state index in [4.69, 9.17) is 4.74 Å². The number of carbonyl (C=O) groups excluding carboxylic acids is 1. The van der Waals surface area contributed by atoms with Crippen LogP contribution in [0.15, 0.2) is 24.3 Å². The number of rotatable bonds is 6. The molecular formula is C16H22N2O2. The first kappa shape index (κ1) is 13.4. The molecule has 1 aromatic carbocycles. The highest BCUT2D eigenvalue weighted by atomic mass is 16.5. The van der Waals surface area contributed by atoms with E-state index in [0.717, 1.165) is 24.6 Å². The Kier molecular flexibility index (Phi) is 3.92. The molecule has 1 unspecified atom stereocenters. The first-order valence-corrected chi connectivity index (χ1v) is 7.40. The van der Waals surface area contributed by atoms with Gasteiger partial charge in [-0.3, -0.25) is 4.79 Å². The Morgan fingerprint density at radius 1 is 1.30 bits per heavy atom. The average molecular weight is 274 g/mol. The van der Waals surface area contributed by atoms with Crippen molar-refractivity contribution < 1.29 is 9.53 Å². The van der Waals surface area contributed by atoms with E-state index in [1.165, 1.54) is 18.4 Å². The van der Waals surface area contributed by atoms with E-state index in [1.807, 2.05) is 12.1 Å². The maximum absolute atomic E-state index is 11.6. The highest BCUT2D eigenvalue weighted by Crippen LogP contribution is 2.35. The Hall–Kier alpha value is -1.55. The molecule has 0 radical (unpaired) electrons. The molecule has 1 aromatic rings. The molecule has 1 amide bonds. The van der Waals surface area contributed by atoms with Gasteiger partial charge < -0.3 is 15.4 Å². The lowest BCUT2D eigenvalue weighted by Crippen LogP contribution is -2.40. The molecule has 1 saturated carbocycles. The van der Waals surface area contributed by atoms with Gasteiger partial charge in [-0.05, 0) is 30.0 Å². The third-order valence-corrected chi connectivity index (χ3v) is 4.25. The Morgan fingerprint density at radius 2 is 2.05 bits per heavy atom. The Labute approximate surface area is 119 Å². The standard InChI is InChI=1S/C16H22N2O2/c1-20-13-6-4-12(5-7-13)10-17-14-9-16(19)18-15(14)8-11-2-3-11/h4-7,11,14-15,17H,2-3,8-10H2,1H3,(H,18,19)/t14?,15-/m1/s1. The fourth-order valence-corrected chi connectivity index (χ4v) is 2.85. The van der Waals surface area contributed by atoms with Crippen LogP contribution in [-0.2, 0) is 11.3 Å². The molecule has 1 aliphatic carbocycles. The van der Waals surface area contributed by atoms with E-state index in [1.54, 1.807) is 7.11 Å². The lowest BCUT2D eigenvalue weighted by molar-refractivity contribution is -0.119. The maximum atomic E-state index is 11.6. The largest absolute Gasteiger partial charge is 0.497 e. The van der Waals surface area contributed by atoms with Crippen molar-refractivity contribution in [2.75, 3.05) is 7.11 Å². The Balaban J connectivity index is 1.53. The summed E-state index contributed by atoms with van der Waals surface area (Å²) in [6.45, 7) is 0.796. The van der Waals surface area contributed by atoms with E-state index in [0.29, 0.717) is 12.5 Å². The topological polar surface area (TPSA) is 50.4 Å². The van der Waals surface area contributed by atoms with Crippen LogP contribution in [0.3, 0.4) is 0 Å². The number of hydrogen-bond donors (Lipinski definition) is 2. The van der Waals surface area contributed by atoms with E-state index in [-0.39, 0.29) is 11.9 Å². The van der Waals surface area contributed by atoms with Crippen molar-refractivity contribution >= 4 is 5.91 Å². The summed E-state index contributed by atoms with van der Waals surface area (Å²) in [5.74, 6) is 1.89. The second-order valence-electron chi connectivity index (χ2n) is 5.89. The summed E-state index contributed by atoms with van der Waals surface area (Å²) >= 11 is 0. The summed E-state index contributed by atoms with van der Waals surface area (Å²) in [6.07, 6.45) is 4.40. The lowest BCUT2D eigenvalue weighted by Gasteiger charge is -2.20. The predicted molar refractivity (Wildman–Crippen MR) is 77.5 cm³/mol. The van der Waals surface area contributed by atoms with Crippen LogP contribution in [0.25, 0.3) is 0 Å². The minimum atomic E-state index is 0.183. The van der Waals surface area contributed by atoms with E-state index in [9.17, 15) is 4.79 Å². The summed E-state index contributed by atoms with van der Waals surface area (Å²) in [5, 5.41) is 6.63. The quantitative estimate of drug-likeness (QED) is 0.832. The van der Waals surface area contributed by atoms with Crippen LogP contribution in [0.2, 0.25) is 0 Å². The third kappa shape index (κ3) is 3.31. The van der Waals surface area contributed by atoms with Crippen LogP contribution in [0, 0.1) is 5.92 Å². The molecule has 3 rings (SSSR count). The molecule has 2 aliphatic rings. The van der Waals surface area contributed by atoms with Gasteiger partial charge in [-0.15, -0.1) is 0 Å². The summed E-state index contributed by atoms with van der Waals surface area (Å²) in [6, 6.07) is 8.64. The van der Waals surface area contributed by atoms with Gasteiger partial charge in [0.05, 0.1) is 7.11 Å². The first-order chi connectivity index (χ1) is 9.74. The molecule has 2 atom stereocenters. The summed E-state index contributed by atoms with van der Waals surface area (Å²) in [4.78, 5) is 11.6. The molecule has 1 heterocycles. The normalized spacial score (nSPS) is 25.6. The molecule has 0 spiro atoms. The van der Waals surface area contributed by atoms with Crippen LogP contribution in [0.1, 0.15) is 31.2 Å². The second kappa shape index (κ2) is 5.83. The summed E-state index contributed by atoms with van der Waals surface area (Å²) in [5.41, 5.74) is 1.22. The number of nitrogens with one attached hydrogen (secondary N) is 2. The summed E-state index contributed by atoms with van der Waals surface area (Å²) < 4.78 is 5.15. The van der Waals surface area contributed by atoms with Gasteiger partial charge in [0.25, 0.3) is 0 Å². The molecule has 20 heavy (non-hydrogen) atoms. The third-order valence-electron chi connectivity index (χ3n) is 4.25. The van der Waals surface area contributed by atoms with Crippen LogP contribution < -0.4 is 15.4 Å². The second-order valence-corrected chi connectivity index (χ2v) is 5.89. The number of benzene rings is 1. The van der Waals surface area contributed by atoms with Crippen molar-refractivity contribution in [1.29, 1.82) is 0 Å². The minimum Gasteiger partial charge on any atom is -0.497 e. The fourth-order valence-electron chi connectivity index (χ4n) is 2.85. The van der Waals surface area contributed by atoms with Gasteiger partial charge >= 0.3 is 0 Å². The van der Waals surface area contributed by atoms with Crippen molar-refractivity contribution in [3.8, 4) is 5.75 Å². The molecular weight excluding hydrogens is 252 g/mol. The predicted octanol–water partition coefficient (Wildman–Crippen LogP) is 1.84. The van der Waals surface area contributed by atoms with Crippen molar-refractivity contribution in [1.82, 2.24) is 10.6 Å². The first-order valence-electron chi connectivity index (χ1n) is 7.40. The zero-order valence-corrected chi connectivity index (χ0v) is 11.9. The van der Waals surface area contributed by atoms with Crippen LogP contribution >= 0.6 is 0 Å². The number of ether oxygens (including phenoxy) is 1. The van der Waals surface area contributed by atoms with Crippen LogP contribution in [0.5, 0.6) is 5.75 Å². The molecule has 2 N–H and O–H groups in total. The smallest absolute Gasteiger partial charge is 0.221 e. The molecule has 0 bridgehead atoms. The zero-order chi connectivity index (χ0) is 13.9. The van der Waals surface area contributed by atoms with Gasteiger partial charge in [-0.25, -0.2) is 0 Å². The molecule has 0 aromatic heterocycles. The highest BCUT2D eigenvalue weighted by Gasteiger charge is 2.36. The van der Waals surface area contributed by atoms with Gasteiger partial charge in [0.2, 0.25) is 5.91 Å². The lowest BCUT2D eigenvalue weighted by atomic mass is 10.0. The van der Waals surface area contributed by atoms with Crippen molar-refractivity contribution in [3.63, 3.8) is 0 Å². The average Bonchev–Trinajstić information content (AvgIpc) is 3.20. The van der Waals surface area contributed by atoms with Crippen molar-refractivity contribution in [2.24, 2.45) is 5.92 Å². The molecule has 1 aliphatic heterocycles. The Morgan fingerprint density at radius 3 is 2.70 bits per heavy atom. The highest BCUT2D eigenvalue weighted by molar-refractivity contribution is 5.79. The van der Waals surface area contributed by atoms with Gasteiger partial charge in [0, 0.05) is 25.0 Å². The molecule has 4 nitrogen and oxygen atoms in total. The van der Waals surface area contributed by atoms with E-state index >= 15 is 0 Å². The minimum absolute atomic E-state index is 0.183. The monoisotopic (exact) mass is 274 g/mol. The molecule has 4 heteroatoms. The number of methoxy groups -OCH3 is 1. The Bertz CT molecular complexity index is 468. The van der Waals surface area contributed by atoms with Gasteiger partial charge in [0.1, 0.15) is 5.75 Å². The number of amides is 1. The van der Waals surface area contributed by atoms with E-state index < -0.39 is 0 Å².